The number of halogens is 1. The lowest BCUT2D eigenvalue weighted by Gasteiger charge is -2.41. The SMILES string of the molecule is NC1=NCC[C@]2(O1)c1cc(NC(=O)c3ccc(Cl)cn3)ccc1Oc1cnc(C3=CCCOC3)cc12. The molecule has 6 rings (SSSR count). The molecule has 5 heterocycles. The summed E-state index contributed by atoms with van der Waals surface area (Å²) in [6.45, 7) is 1.67. The first-order valence-corrected chi connectivity index (χ1v) is 11.9. The quantitative estimate of drug-likeness (QED) is 0.547. The Morgan fingerprint density at radius 1 is 1.08 bits per heavy atom. The smallest absolute Gasteiger partial charge is 0.283 e. The van der Waals surface area contributed by atoms with Gasteiger partial charge in [0.05, 0.1) is 30.1 Å². The van der Waals surface area contributed by atoms with E-state index in [2.05, 4.69) is 26.4 Å². The molecule has 0 radical (unpaired) electrons. The highest BCUT2D eigenvalue weighted by molar-refractivity contribution is 6.30. The molecular formula is C26H22ClN5O4. The van der Waals surface area contributed by atoms with Gasteiger partial charge in [-0.25, -0.2) is 9.98 Å². The van der Waals surface area contributed by atoms with Gasteiger partial charge in [0.25, 0.3) is 11.9 Å². The topological polar surface area (TPSA) is 121 Å². The van der Waals surface area contributed by atoms with Crippen LogP contribution in [0.15, 0.2) is 59.9 Å². The van der Waals surface area contributed by atoms with Gasteiger partial charge in [0.2, 0.25) is 0 Å². The summed E-state index contributed by atoms with van der Waals surface area (Å²) in [5, 5.41) is 3.35. The summed E-state index contributed by atoms with van der Waals surface area (Å²) in [6, 6.07) is 10.6. The van der Waals surface area contributed by atoms with Crippen molar-refractivity contribution < 1.29 is 19.0 Å². The molecule has 3 aliphatic heterocycles. The molecule has 3 aliphatic rings. The van der Waals surface area contributed by atoms with Crippen LogP contribution in [0.5, 0.6) is 11.5 Å². The first-order valence-electron chi connectivity index (χ1n) is 11.5. The third-order valence-corrected chi connectivity index (χ3v) is 6.63. The van der Waals surface area contributed by atoms with Crippen LogP contribution in [-0.2, 0) is 15.1 Å². The predicted octanol–water partition coefficient (Wildman–Crippen LogP) is 4.27. The van der Waals surface area contributed by atoms with Crippen LogP contribution in [0.1, 0.15) is 40.2 Å². The molecule has 0 fully saturated rings. The van der Waals surface area contributed by atoms with Crippen molar-refractivity contribution in [2.45, 2.75) is 18.4 Å². The van der Waals surface area contributed by atoms with Crippen LogP contribution < -0.4 is 15.8 Å². The Balaban J connectivity index is 1.41. The fraction of sp³-hybridized carbons (Fsp3) is 0.231. The number of anilines is 1. The Morgan fingerprint density at radius 2 is 1.97 bits per heavy atom. The zero-order chi connectivity index (χ0) is 24.7. The van der Waals surface area contributed by atoms with E-state index < -0.39 is 5.60 Å². The Morgan fingerprint density at radius 3 is 2.75 bits per heavy atom. The number of ether oxygens (including phenoxy) is 3. The molecule has 3 aromatic rings. The predicted molar refractivity (Wildman–Crippen MR) is 134 cm³/mol. The maximum atomic E-state index is 12.8. The number of aliphatic imine (C=N–C) groups is 1. The Bertz CT molecular complexity index is 1420. The highest BCUT2D eigenvalue weighted by Crippen LogP contribution is 2.52. The number of aromatic nitrogens is 2. The minimum atomic E-state index is -0.957. The normalized spacial score (nSPS) is 20.2. The lowest BCUT2D eigenvalue weighted by Crippen LogP contribution is -2.42. The van der Waals surface area contributed by atoms with Crippen molar-refractivity contribution in [3.63, 3.8) is 0 Å². The van der Waals surface area contributed by atoms with Gasteiger partial charge >= 0.3 is 0 Å². The molecule has 0 saturated heterocycles. The number of nitrogens with zero attached hydrogens (tertiary/aromatic N) is 3. The Kier molecular flexibility index (Phi) is 5.58. The number of hydrogen-bond donors (Lipinski definition) is 2. The van der Waals surface area contributed by atoms with E-state index in [-0.39, 0.29) is 17.6 Å². The van der Waals surface area contributed by atoms with E-state index in [1.54, 1.807) is 30.5 Å². The molecule has 10 heteroatoms. The third kappa shape index (κ3) is 3.96. The summed E-state index contributed by atoms with van der Waals surface area (Å²) in [6.07, 6.45) is 6.64. The number of nitrogens with two attached hydrogens (primary N) is 1. The summed E-state index contributed by atoms with van der Waals surface area (Å²) in [5.74, 6) is 0.814. The van der Waals surface area contributed by atoms with Crippen molar-refractivity contribution >= 4 is 34.8 Å². The minimum absolute atomic E-state index is 0.0958. The number of carbonyl (C=O) groups excluding carboxylic acids is 1. The summed E-state index contributed by atoms with van der Waals surface area (Å²) >= 11 is 5.90. The molecule has 1 atom stereocenters. The van der Waals surface area contributed by atoms with E-state index in [1.165, 1.54) is 6.20 Å². The van der Waals surface area contributed by atoms with Crippen LogP contribution in [0.25, 0.3) is 5.57 Å². The van der Waals surface area contributed by atoms with Gasteiger partial charge < -0.3 is 25.3 Å². The Labute approximate surface area is 212 Å². The number of benzene rings is 1. The number of rotatable bonds is 3. The molecule has 2 aromatic heterocycles. The molecule has 9 nitrogen and oxygen atoms in total. The molecule has 0 unspecified atom stereocenters. The minimum Gasteiger partial charge on any atom is -0.455 e. The summed E-state index contributed by atoms with van der Waals surface area (Å²) in [4.78, 5) is 25.7. The highest BCUT2D eigenvalue weighted by atomic mass is 35.5. The van der Waals surface area contributed by atoms with E-state index in [0.717, 1.165) is 28.8 Å². The van der Waals surface area contributed by atoms with Gasteiger partial charge in [-0.1, -0.05) is 17.7 Å². The first kappa shape index (κ1) is 22.5. The van der Waals surface area contributed by atoms with E-state index in [9.17, 15) is 4.79 Å². The molecule has 1 spiro atoms. The van der Waals surface area contributed by atoms with Crippen LogP contribution in [0.2, 0.25) is 5.02 Å². The van der Waals surface area contributed by atoms with Crippen LogP contribution in [0, 0.1) is 0 Å². The maximum absolute atomic E-state index is 12.8. The van der Waals surface area contributed by atoms with Gasteiger partial charge in [-0.2, -0.15) is 0 Å². The molecule has 0 bridgehead atoms. The molecule has 0 aliphatic carbocycles. The van der Waals surface area contributed by atoms with E-state index in [0.29, 0.717) is 48.4 Å². The zero-order valence-corrected chi connectivity index (χ0v) is 19.9. The number of pyridine rings is 2. The van der Waals surface area contributed by atoms with Crippen molar-refractivity contribution in [2.75, 3.05) is 25.1 Å². The first-order chi connectivity index (χ1) is 17.5. The van der Waals surface area contributed by atoms with Crippen LogP contribution in [0.4, 0.5) is 5.69 Å². The van der Waals surface area contributed by atoms with E-state index in [1.807, 2.05) is 12.1 Å². The van der Waals surface area contributed by atoms with E-state index in [4.69, 9.17) is 31.5 Å². The lowest BCUT2D eigenvalue weighted by molar-refractivity contribution is 0.0634. The van der Waals surface area contributed by atoms with Crippen molar-refractivity contribution in [3.8, 4) is 11.5 Å². The van der Waals surface area contributed by atoms with Gasteiger partial charge in [0.1, 0.15) is 11.4 Å². The summed E-state index contributed by atoms with van der Waals surface area (Å²) < 4.78 is 18.1. The number of nitrogens with one attached hydrogen (secondary N) is 1. The number of hydrogen-bond acceptors (Lipinski definition) is 8. The van der Waals surface area contributed by atoms with Crippen molar-refractivity contribution in [2.24, 2.45) is 10.7 Å². The standard InChI is InChI=1S/C26H22ClN5O4/c27-16-3-5-20(30-12-16)24(33)32-17-4-6-22-18(10-17)26(7-8-29-25(28)36-26)19-11-21(31-13-23(19)35-22)15-2-1-9-34-14-15/h2-6,10-13H,1,7-9,14H2,(H2,28,29)(H,32,33)/t26-/m0/s1. The van der Waals surface area contributed by atoms with E-state index >= 15 is 0 Å². The fourth-order valence-electron chi connectivity index (χ4n) is 4.70. The monoisotopic (exact) mass is 503 g/mol. The maximum Gasteiger partial charge on any atom is 0.283 e. The lowest BCUT2D eigenvalue weighted by atomic mass is 9.79. The highest BCUT2D eigenvalue weighted by Gasteiger charge is 2.47. The number of fused-ring (bicyclic) bond motifs is 4. The van der Waals surface area contributed by atoms with Gasteiger partial charge in [0.15, 0.2) is 11.4 Å². The zero-order valence-electron chi connectivity index (χ0n) is 19.2. The molecule has 3 N–H and O–H groups in total. The largest absolute Gasteiger partial charge is 0.455 e. The summed E-state index contributed by atoms with van der Waals surface area (Å²) in [7, 11) is 0. The average molecular weight is 504 g/mol. The second-order valence-electron chi connectivity index (χ2n) is 8.66. The second-order valence-corrected chi connectivity index (χ2v) is 9.10. The number of amidine groups is 1. The molecule has 1 aromatic carbocycles. The van der Waals surface area contributed by atoms with Gasteiger partial charge in [0, 0.05) is 36.0 Å². The molecule has 1 amide bonds. The van der Waals surface area contributed by atoms with Gasteiger partial charge in [-0.05, 0) is 48.4 Å². The third-order valence-electron chi connectivity index (χ3n) is 6.40. The van der Waals surface area contributed by atoms with Crippen LogP contribution in [0.3, 0.4) is 0 Å². The summed E-state index contributed by atoms with van der Waals surface area (Å²) in [5.41, 5.74) is 9.29. The van der Waals surface area contributed by atoms with Gasteiger partial charge in [-0.15, -0.1) is 0 Å². The van der Waals surface area contributed by atoms with Crippen molar-refractivity contribution in [1.82, 2.24) is 9.97 Å². The molecule has 0 saturated carbocycles. The van der Waals surface area contributed by atoms with Gasteiger partial charge in [-0.3, -0.25) is 9.78 Å². The average Bonchev–Trinajstić information content (AvgIpc) is 2.90. The van der Waals surface area contributed by atoms with Crippen LogP contribution >= 0.6 is 11.6 Å². The number of carbonyl (C=O) groups is 1. The fourth-order valence-corrected chi connectivity index (χ4v) is 4.81. The molecule has 182 valence electrons. The second kappa shape index (κ2) is 8.92. The molecular weight excluding hydrogens is 482 g/mol. The van der Waals surface area contributed by atoms with Crippen molar-refractivity contribution in [3.05, 3.63) is 82.4 Å². The molecule has 36 heavy (non-hydrogen) atoms. The van der Waals surface area contributed by atoms with Crippen molar-refractivity contribution in [1.29, 1.82) is 0 Å². The Hall–Kier alpha value is -3.95. The number of amides is 1. The van der Waals surface area contributed by atoms with Crippen LogP contribution in [-0.4, -0.2) is 41.7 Å².